The highest BCUT2D eigenvalue weighted by Gasteiger charge is 2.31. The maximum absolute atomic E-state index is 13.7. The monoisotopic (exact) mass is 506 g/mol. The van der Waals surface area contributed by atoms with Gasteiger partial charge in [-0.05, 0) is 49.6 Å². The van der Waals surface area contributed by atoms with Crippen molar-refractivity contribution in [3.63, 3.8) is 0 Å². The molecule has 0 aliphatic carbocycles. The molecular formula is C24H27ClN2O6S. The Labute approximate surface area is 203 Å². The molecule has 2 aromatic carbocycles. The van der Waals surface area contributed by atoms with Gasteiger partial charge < -0.3 is 19.2 Å². The van der Waals surface area contributed by atoms with E-state index >= 15 is 0 Å². The third kappa shape index (κ3) is 4.93. The first kappa shape index (κ1) is 24.5. The lowest BCUT2D eigenvalue weighted by Gasteiger charge is -2.25. The summed E-state index contributed by atoms with van der Waals surface area (Å²) in [7, 11) is -0.919. The summed E-state index contributed by atoms with van der Waals surface area (Å²) in [6.07, 6.45) is 1.39. The van der Waals surface area contributed by atoms with Gasteiger partial charge in [0.25, 0.3) is 5.56 Å². The molecule has 4 rings (SSSR count). The van der Waals surface area contributed by atoms with Crippen LogP contribution in [-0.2, 0) is 21.3 Å². The van der Waals surface area contributed by atoms with Gasteiger partial charge in [0.05, 0.1) is 30.7 Å². The number of hydrogen-bond donors (Lipinski definition) is 1. The van der Waals surface area contributed by atoms with Gasteiger partial charge in [0.2, 0.25) is 10.0 Å². The van der Waals surface area contributed by atoms with E-state index in [1.807, 2.05) is 0 Å². The minimum absolute atomic E-state index is 0.113. The molecule has 2 heterocycles. The normalized spacial score (nSPS) is 16.3. The van der Waals surface area contributed by atoms with Crippen LogP contribution in [0.4, 0.5) is 0 Å². The first-order chi connectivity index (χ1) is 16.2. The predicted molar refractivity (Wildman–Crippen MR) is 130 cm³/mol. The van der Waals surface area contributed by atoms with E-state index in [0.717, 1.165) is 12.8 Å². The highest BCUT2D eigenvalue weighted by molar-refractivity contribution is 7.89. The van der Waals surface area contributed by atoms with Crippen LogP contribution >= 0.6 is 11.6 Å². The zero-order chi connectivity index (χ0) is 24.5. The lowest BCUT2D eigenvalue weighted by Crippen LogP contribution is -2.38. The van der Waals surface area contributed by atoms with Gasteiger partial charge in [-0.15, -0.1) is 0 Å². The molecule has 182 valence electrons. The Morgan fingerprint density at radius 3 is 2.56 bits per heavy atom. The molecule has 1 aliphatic rings. The second-order valence-corrected chi connectivity index (χ2v) is 10.6. The molecule has 0 spiro atoms. The molecule has 0 bridgehead atoms. The standard InChI is InChI=1S/C24H27ClN2O6S/c1-15-6-7-18(25)11-23(15)34(29,30)27(14-19-5-4-8-33-19)13-17-9-16-10-21(31-2)22(32-3)12-20(16)26-24(17)28/h6-7,9-12,19H,4-5,8,13-14H2,1-3H3,(H,26,28)/t19-/m0/s1. The Bertz CT molecular complexity index is 1370. The van der Waals surface area contributed by atoms with E-state index in [2.05, 4.69) is 4.98 Å². The quantitative estimate of drug-likeness (QED) is 0.498. The number of methoxy groups -OCH3 is 2. The zero-order valence-electron chi connectivity index (χ0n) is 19.3. The molecule has 1 fully saturated rings. The fourth-order valence-corrected chi connectivity index (χ4v) is 6.08. The van der Waals surface area contributed by atoms with Gasteiger partial charge in [0.15, 0.2) is 11.5 Å². The summed E-state index contributed by atoms with van der Waals surface area (Å²) in [4.78, 5) is 15.9. The van der Waals surface area contributed by atoms with Crippen molar-refractivity contribution < 1.29 is 22.6 Å². The van der Waals surface area contributed by atoms with Crippen molar-refractivity contribution in [1.29, 1.82) is 0 Å². The molecule has 1 N–H and O–H groups in total. The molecule has 3 aromatic rings. The topological polar surface area (TPSA) is 97.9 Å². The maximum Gasteiger partial charge on any atom is 0.252 e. The Morgan fingerprint density at radius 1 is 1.15 bits per heavy atom. The number of nitrogens with zero attached hydrogens (tertiary/aromatic N) is 1. The summed E-state index contributed by atoms with van der Waals surface area (Å²) in [6.45, 7) is 2.33. The third-order valence-electron chi connectivity index (χ3n) is 5.97. The lowest BCUT2D eigenvalue weighted by atomic mass is 10.1. The van der Waals surface area contributed by atoms with Crippen LogP contribution in [0.25, 0.3) is 10.9 Å². The van der Waals surface area contributed by atoms with Gasteiger partial charge >= 0.3 is 0 Å². The van der Waals surface area contributed by atoms with Crippen LogP contribution in [0.3, 0.4) is 0 Å². The number of hydrogen-bond acceptors (Lipinski definition) is 6. The largest absolute Gasteiger partial charge is 0.493 e. The van der Waals surface area contributed by atoms with Crippen LogP contribution in [-0.4, -0.2) is 51.2 Å². The smallest absolute Gasteiger partial charge is 0.252 e. The van der Waals surface area contributed by atoms with Crippen LogP contribution in [0, 0.1) is 6.92 Å². The van der Waals surface area contributed by atoms with Gasteiger partial charge in [-0.1, -0.05) is 17.7 Å². The summed E-state index contributed by atoms with van der Waals surface area (Å²) in [5.41, 5.74) is 1.06. The second kappa shape index (κ2) is 9.95. The van der Waals surface area contributed by atoms with Crippen molar-refractivity contribution in [2.75, 3.05) is 27.4 Å². The average Bonchev–Trinajstić information content (AvgIpc) is 3.33. The van der Waals surface area contributed by atoms with Gasteiger partial charge in [-0.25, -0.2) is 8.42 Å². The number of halogens is 1. The van der Waals surface area contributed by atoms with E-state index in [1.54, 1.807) is 37.3 Å². The van der Waals surface area contributed by atoms with E-state index in [1.165, 1.54) is 24.6 Å². The minimum Gasteiger partial charge on any atom is -0.493 e. The molecule has 1 saturated heterocycles. The molecule has 1 aliphatic heterocycles. The average molecular weight is 507 g/mol. The van der Waals surface area contributed by atoms with Gasteiger partial charge in [0.1, 0.15) is 0 Å². The first-order valence-electron chi connectivity index (χ1n) is 10.9. The maximum atomic E-state index is 13.7. The number of aromatic nitrogens is 1. The van der Waals surface area contributed by atoms with Crippen molar-refractivity contribution in [3.8, 4) is 11.5 Å². The number of aromatic amines is 1. The Hall–Kier alpha value is -2.59. The molecule has 0 amide bonds. The summed E-state index contributed by atoms with van der Waals surface area (Å²) in [5.74, 6) is 0.990. The van der Waals surface area contributed by atoms with E-state index in [4.69, 9.17) is 25.8 Å². The number of aryl methyl sites for hydroxylation is 1. The lowest BCUT2D eigenvalue weighted by molar-refractivity contribution is 0.0925. The van der Waals surface area contributed by atoms with Crippen LogP contribution in [0.2, 0.25) is 5.02 Å². The molecule has 0 saturated carbocycles. The highest BCUT2D eigenvalue weighted by Crippen LogP contribution is 2.32. The first-order valence-corrected chi connectivity index (χ1v) is 12.7. The Kier molecular flexibility index (Phi) is 7.18. The van der Waals surface area contributed by atoms with Gasteiger partial charge in [0, 0.05) is 41.7 Å². The number of ether oxygens (including phenoxy) is 3. The van der Waals surface area contributed by atoms with E-state index in [9.17, 15) is 13.2 Å². The van der Waals surface area contributed by atoms with Crippen LogP contribution < -0.4 is 15.0 Å². The summed E-state index contributed by atoms with van der Waals surface area (Å²) in [6, 6.07) is 9.86. The van der Waals surface area contributed by atoms with E-state index < -0.39 is 10.0 Å². The summed E-state index contributed by atoms with van der Waals surface area (Å²) >= 11 is 6.12. The molecule has 0 radical (unpaired) electrons. The van der Waals surface area contributed by atoms with Crippen LogP contribution in [0.15, 0.2) is 46.1 Å². The predicted octanol–water partition coefficient (Wildman–Crippen LogP) is 3.88. The Morgan fingerprint density at radius 2 is 1.88 bits per heavy atom. The SMILES string of the molecule is COc1cc2cc(CN(C[C@@H]3CCCO3)S(=O)(=O)c3cc(Cl)ccc3C)c(=O)[nH]c2cc1OC. The van der Waals surface area contributed by atoms with E-state index in [0.29, 0.717) is 45.2 Å². The molecule has 1 aromatic heterocycles. The fourth-order valence-electron chi connectivity index (χ4n) is 4.14. The van der Waals surface area contributed by atoms with Gasteiger partial charge in [-0.2, -0.15) is 4.31 Å². The second-order valence-electron chi connectivity index (χ2n) is 8.26. The molecule has 1 atom stereocenters. The number of benzene rings is 2. The van der Waals surface area contributed by atoms with Gasteiger partial charge in [-0.3, -0.25) is 4.79 Å². The van der Waals surface area contributed by atoms with Crippen LogP contribution in [0.5, 0.6) is 11.5 Å². The number of fused-ring (bicyclic) bond motifs is 1. The molecule has 10 heteroatoms. The van der Waals surface area contributed by atoms with Crippen LogP contribution in [0.1, 0.15) is 24.0 Å². The van der Waals surface area contributed by atoms with E-state index in [-0.39, 0.29) is 29.6 Å². The number of nitrogens with one attached hydrogen (secondary N) is 1. The third-order valence-corrected chi connectivity index (χ3v) is 8.16. The van der Waals surface area contributed by atoms with Crippen molar-refractivity contribution in [2.24, 2.45) is 0 Å². The minimum atomic E-state index is -3.96. The summed E-state index contributed by atoms with van der Waals surface area (Å²) < 4.78 is 45.1. The highest BCUT2D eigenvalue weighted by atomic mass is 35.5. The molecule has 34 heavy (non-hydrogen) atoms. The zero-order valence-corrected chi connectivity index (χ0v) is 20.8. The fraction of sp³-hybridized carbons (Fsp3) is 0.375. The number of rotatable bonds is 8. The number of sulfonamides is 1. The number of H-pyrrole nitrogens is 1. The molecule has 8 nitrogen and oxygen atoms in total. The Balaban J connectivity index is 1.77. The number of pyridine rings is 1. The molecular weight excluding hydrogens is 480 g/mol. The van der Waals surface area contributed by atoms with Crippen molar-refractivity contribution in [3.05, 3.63) is 62.9 Å². The van der Waals surface area contributed by atoms with Crippen molar-refractivity contribution in [2.45, 2.75) is 37.3 Å². The van der Waals surface area contributed by atoms with Crippen molar-refractivity contribution in [1.82, 2.24) is 9.29 Å². The van der Waals surface area contributed by atoms with Crippen molar-refractivity contribution >= 4 is 32.5 Å². The summed E-state index contributed by atoms with van der Waals surface area (Å²) in [5, 5.41) is 1.02. The molecule has 0 unspecified atom stereocenters.